The number of ether oxygens (including phenoxy) is 1. The number of nitrogens with zero attached hydrogens (tertiary/aromatic N) is 1. The van der Waals surface area contributed by atoms with Gasteiger partial charge in [-0.05, 0) is 41.1 Å². The van der Waals surface area contributed by atoms with E-state index < -0.39 is 10.0 Å². The van der Waals surface area contributed by atoms with Crippen LogP contribution in [0.5, 0.6) is 0 Å². The molecule has 0 aliphatic carbocycles. The van der Waals surface area contributed by atoms with Gasteiger partial charge in [0.1, 0.15) is 0 Å². The third kappa shape index (κ3) is 3.68. The number of anilines is 1. The number of halogens is 1. The van der Waals surface area contributed by atoms with E-state index in [2.05, 4.69) is 15.9 Å². The van der Waals surface area contributed by atoms with E-state index in [0.717, 1.165) is 0 Å². The standard InChI is InChI=1S/C11H17BrN2O3S/c1-3-17-7-6-14(2)18(15,16)9-4-5-10(12)11(13)8-9/h4-5,8H,3,6-7,13H2,1-2H3. The van der Waals surface area contributed by atoms with Gasteiger partial charge in [0.15, 0.2) is 0 Å². The fraction of sp³-hybridized carbons (Fsp3) is 0.455. The van der Waals surface area contributed by atoms with E-state index in [9.17, 15) is 8.42 Å². The van der Waals surface area contributed by atoms with Gasteiger partial charge in [-0.25, -0.2) is 8.42 Å². The maximum Gasteiger partial charge on any atom is 0.242 e. The predicted molar refractivity (Wildman–Crippen MR) is 74.9 cm³/mol. The molecule has 0 atom stereocenters. The third-order valence-corrected chi connectivity index (χ3v) is 5.01. The Morgan fingerprint density at radius 2 is 2.11 bits per heavy atom. The zero-order chi connectivity index (χ0) is 13.8. The Labute approximate surface area is 116 Å². The maximum atomic E-state index is 12.2. The van der Waals surface area contributed by atoms with E-state index in [0.29, 0.717) is 29.9 Å². The summed E-state index contributed by atoms with van der Waals surface area (Å²) in [5, 5.41) is 0. The molecule has 0 unspecified atom stereocenters. The molecule has 7 heteroatoms. The summed E-state index contributed by atoms with van der Waals surface area (Å²) in [5.74, 6) is 0. The Morgan fingerprint density at radius 3 is 2.67 bits per heavy atom. The quantitative estimate of drug-likeness (QED) is 0.633. The largest absolute Gasteiger partial charge is 0.398 e. The topological polar surface area (TPSA) is 72.6 Å². The lowest BCUT2D eigenvalue weighted by Crippen LogP contribution is -2.30. The van der Waals surface area contributed by atoms with Crippen molar-refractivity contribution in [3.05, 3.63) is 22.7 Å². The molecule has 5 nitrogen and oxygen atoms in total. The van der Waals surface area contributed by atoms with Crippen LogP contribution in [-0.2, 0) is 14.8 Å². The molecule has 1 aromatic rings. The summed E-state index contributed by atoms with van der Waals surface area (Å²) in [6.07, 6.45) is 0. The van der Waals surface area contributed by atoms with Gasteiger partial charge in [0.2, 0.25) is 10.0 Å². The van der Waals surface area contributed by atoms with Gasteiger partial charge in [0.25, 0.3) is 0 Å². The summed E-state index contributed by atoms with van der Waals surface area (Å²) < 4.78 is 31.5. The fourth-order valence-corrected chi connectivity index (χ4v) is 2.76. The molecule has 0 heterocycles. The zero-order valence-electron chi connectivity index (χ0n) is 10.4. The minimum absolute atomic E-state index is 0.183. The van der Waals surface area contributed by atoms with Crippen molar-refractivity contribution < 1.29 is 13.2 Å². The van der Waals surface area contributed by atoms with Crippen molar-refractivity contribution in [1.29, 1.82) is 0 Å². The molecule has 0 amide bonds. The number of nitrogens with two attached hydrogens (primary N) is 1. The second kappa shape index (κ2) is 6.51. The maximum absolute atomic E-state index is 12.2. The van der Waals surface area contributed by atoms with Crippen LogP contribution in [0.4, 0.5) is 5.69 Å². The number of benzene rings is 1. The molecular formula is C11H17BrN2O3S. The van der Waals surface area contributed by atoms with Crippen LogP contribution in [0.2, 0.25) is 0 Å². The van der Waals surface area contributed by atoms with Crippen molar-refractivity contribution in [2.24, 2.45) is 0 Å². The molecule has 0 radical (unpaired) electrons. The van der Waals surface area contributed by atoms with Gasteiger partial charge in [-0.1, -0.05) is 0 Å². The highest BCUT2D eigenvalue weighted by molar-refractivity contribution is 9.10. The molecule has 0 aliphatic rings. The van der Waals surface area contributed by atoms with Crippen LogP contribution in [0.25, 0.3) is 0 Å². The van der Waals surface area contributed by atoms with E-state index in [1.54, 1.807) is 6.07 Å². The molecule has 0 aromatic heterocycles. The van der Waals surface area contributed by atoms with Crippen LogP contribution in [0, 0.1) is 0 Å². The van der Waals surface area contributed by atoms with Crippen LogP contribution < -0.4 is 5.73 Å². The van der Waals surface area contributed by atoms with Crippen LogP contribution in [-0.4, -0.2) is 39.5 Å². The SMILES string of the molecule is CCOCCN(C)S(=O)(=O)c1ccc(Br)c(N)c1. The first kappa shape index (κ1) is 15.4. The molecule has 1 aromatic carbocycles. The molecule has 1 rings (SSSR count). The summed E-state index contributed by atoms with van der Waals surface area (Å²) in [6, 6.07) is 4.59. The Hall–Kier alpha value is -0.630. The fourth-order valence-electron chi connectivity index (χ4n) is 1.32. The highest BCUT2D eigenvalue weighted by atomic mass is 79.9. The second-order valence-corrected chi connectivity index (χ2v) is 6.61. The first-order valence-electron chi connectivity index (χ1n) is 5.48. The van der Waals surface area contributed by atoms with Crippen molar-refractivity contribution in [3.63, 3.8) is 0 Å². The molecule has 0 saturated heterocycles. The number of nitrogen functional groups attached to an aromatic ring is 1. The molecular weight excluding hydrogens is 320 g/mol. The van der Waals surface area contributed by atoms with Crippen molar-refractivity contribution in [2.75, 3.05) is 32.5 Å². The third-order valence-electron chi connectivity index (χ3n) is 2.43. The molecule has 102 valence electrons. The molecule has 0 aliphatic heterocycles. The van der Waals surface area contributed by atoms with Crippen molar-refractivity contribution >= 4 is 31.6 Å². The molecule has 0 spiro atoms. The smallest absolute Gasteiger partial charge is 0.242 e. The lowest BCUT2D eigenvalue weighted by Gasteiger charge is -2.17. The van der Waals surface area contributed by atoms with Crippen LogP contribution in [0.3, 0.4) is 0 Å². The van der Waals surface area contributed by atoms with Crippen molar-refractivity contribution in [1.82, 2.24) is 4.31 Å². The molecule has 2 N–H and O–H groups in total. The minimum Gasteiger partial charge on any atom is -0.398 e. The average Bonchev–Trinajstić information content (AvgIpc) is 2.32. The summed E-state index contributed by atoms with van der Waals surface area (Å²) in [4.78, 5) is 0.183. The summed E-state index contributed by atoms with van der Waals surface area (Å²) in [5.41, 5.74) is 6.08. The van der Waals surface area contributed by atoms with Gasteiger partial charge in [-0.2, -0.15) is 4.31 Å². The Kier molecular flexibility index (Phi) is 5.58. The Bertz CT molecular complexity index is 505. The average molecular weight is 337 g/mol. The van der Waals surface area contributed by atoms with Gasteiger partial charge < -0.3 is 10.5 Å². The lowest BCUT2D eigenvalue weighted by atomic mass is 10.3. The van der Waals surface area contributed by atoms with Gasteiger partial charge in [0.05, 0.1) is 11.5 Å². The minimum atomic E-state index is -3.51. The van der Waals surface area contributed by atoms with E-state index in [1.807, 2.05) is 6.92 Å². The molecule has 0 saturated carbocycles. The number of rotatable bonds is 6. The van der Waals surface area contributed by atoms with Crippen molar-refractivity contribution in [2.45, 2.75) is 11.8 Å². The van der Waals surface area contributed by atoms with Gasteiger partial charge in [-0.3, -0.25) is 0 Å². The first-order chi connectivity index (χ1) is 8.39. The lowest BCUT2D eigenvalue weighted by molar-refractivity contribution is 0.138. The van der Waals surface area contributed by atoms with Gasteiger partial charge in [0, 0.05) is 30.4 Å². The van der Waals surface area contributed by atoms with E-state index >= 15 is 0 Å². The van der Waals surface area contributed by atoms with Crippen LogP contribution >= 0.6 is 15.9 Å². The normalized spacial score (nSPS) is 12.0. The Morgan fingerprint density at radius 1 is 1.44 bits per heavy atom. The van der Waals surface area contributed by atoms with Crippen molar-refractivity contribution in [3.8, 4) is 0 Å². The van der Waals surface area contributed by atoms with E-state index in [1.165, 1.54) is 23.5 Å². The first-order valence-corrected chi connectivity index (χ1v) is 7.72. The number of sulfonamides is 1. The molecule has 0 bridgehead atoms. The predicted octanol–water partition coefficient (Wildman–Crippen LogP) is 1.69. The highest BCUT2D eigenvalue weighted by Gasteiger charge is 2.20. The van der Waals surface area contributed by atoms with Crippen LogP contribution in [0.15, 0.2) is 27.6 Å². The van der Waals surface area contributed by atoms with Gasteiger partial charge in [-0.15, -0.1) is 0 Å². The monoisotopic (exact) mass is 336 g/mol. The number of hydrogen-bond donors (Lipinski definition) is 1. The summed E-state index contributed by atoms with van der Waals surface area (Å²) in [6.45, 7) is 3.12. The zero-order valence-corrected chi connectivity index (χ0v) is 12.8. The van der Waals surface area contributed by atoms with Crippen LogP contribution in [0.1, 0.15) is 6.92 Å². The van der Waals surface area contributed by atoms with E-state index in [4.69, 9.17) is 10.5 Å². The van der Waals surface area contributed by atoms with E-state index in [-0.39, 0.29) is 4.90 Å². The van der Waals surface area contributed by atoms with Gasteiger partial charge >= 0.3 is 0 Å². The Balaban J connectivity index is 2.88. The number of hydrogen-bond acceptors (Lipinski definition) is 4. The number of likely N-dealkylation sites (N-methyl/N-ethyl adjacent to an activating group) is 1. The molecule has 18 heavy (non-hydrogen) atoms. The summed E-state index contributed by atoms with van der Waals surface area (Å²) in [7, 11) is -1.99. The summed E-state index contributed by atoms with van der Waals surface area (Å²) >= 11 is 3.23. The highest BCUT2D eigenvalue weighted by Crippen LogP contribution is 2.24. The molecule has 0 fully saturated rings. The second-order valence-electron chi connectivity index (χ2n) is 3.71.